The molecular formula is C21H35N5O. The summed E-state index contributed by atoms with van der Waals surface area (Å²) in [6, 6.07) is 6.97. The Morgan fingerprint density at radius 2 is 2.00 bits per heavy atom. The quantitative estimate of drug-likeness (QED) is 0.613. The van der Waals surface area contributed by atoms with E-state index in [1.54, 1.807) is 0 Å². The zero-order chi connectivity index (χ0) is 19.5. The molecule has 2 heterocycles. The molecule has 2 fully saturated rings. The van der Waals surface area contributed by atoms with Gasteiger partial charge in [-0.3, -0.25) is 14.9 Å². The minimum atomic E-state index is -0.0691. The number of guanidine groups is 1. The van der Waals surface area contributed by atoms with Crippen molar-refractivity contribution in [3.63, 3.8) is 0 Å². The second kappa shape index (κ2) is 8.15. The SMILES string of the molecule is CN=C(NC1CCN(Cc2ccccn2)CC1)NC1CC(C)(OC)C1(C)C. The fourth-order valence-corrected chi connectivity index (χ4v) is 4.21. The average molecular weight is 374 g/mol. The van der Waals surface area contributed by atoms with Crippen molar-refractivity contribution >= 4 is 5.96 Å². The maximum Gasteiger partial charge on any atom is 0.191 e. The molecule has 6 heteroatoms. The van der Waals surface area contributed by atoms with Crippen LogP contribution in [-0.2, 0) is 11.3 Å². The van der Waals surface area contributed by atoms with Crippen LogP contribution in [0, 0.1) is 5.41 Å². The predicted octanol–water partition coefficient (Wildman–Crippen LogP) is 2.41. The molecule has 0 bridgehead atoms. The lowest BCUT2D eigenvalue weighted by Crippen LogP contribution is -2.69. The summed E-state index contributed by atoms with van der Waals surface area (Å²) in [7, 11) is 3.66. The summed E-state index contributed by atoms with van der Waals surface area (Å²) in [5.74, 6) is 0.911. The third kappa shape index (κ3) is 4.27. The van der Waals surface area contributed by atoms with Gasteiger partial charge in [-0.05, 0) is 38.3 Å². The van der Waals surface area contributed by atoms with Gasteiger partial charge in [0.25, 0.3) is 0 Å². The van der Waals surface area contributed by atoms with Gasteiger partial charge in [0.15, 0.2) is 5.96 Å². The third-order valence-electron chi connectivity index (χ3n) is 6.85. The van der Waals surface area contributed by atoms with Crippen molar-refractivity contribution in [2.24, 2.45) is 10.4 Å². The second-order valence-corrected chi connectivity index (χ2v) is 8.65. The molecule has 1 aliphatic carbocycles. The molecule has 0 radical (unpaired) electrons. The molecule has 6 nitrogen and oxygen atoms in total. The van der Waals surface area contributed by atoms with Gasteiger partial charge >= 0.3 is 0 Å². The topological polar surface area (TPSA) is 61.8 Å². The van der Waals surface area contributed by atoms with E-state index in [9.17, 15) is 0 Å². The number of aliphatic imine (C=N–C) groups is 1. The summed E-state index contributed by atoms with van der Waals surface area (Å²) in [4.78, 5) is 11.4. The zero-order valence-corrected chi connectivity index (χ0v) is 17.5. The van der Waals surface area contributed by atoms with Crippen LogP contribution >= 0.6 is 0 Å². The van der Waals surface area contributed by atoms with Gasteiger partial charge in [0.2, 0.25) is 0 Å². The van der Waals surface area contributed by atoms with Crippen molar-refractivity contribution in [1.29, 1.82) is 0 Å². The molecule has 1 aromatic heterocycles. The molecule has 2 atom stereocenters. The van der Waals surface area contributed by atoms with E-state index in [1.807, 2.05) is 26.4 Å². The van der Waals surface area contributed by atoms with Gasteiger partial charge in [-0.15, -0.1) is 0 Å². The van der Waals surface area contributed by atoms with Gasteiger partial charge in [0.1, 0.15) is 0 Å². The maximum absolute atomic E-state index is 5.73. The number of pyridine rings is 1. The lowest BCUT2D eigenvalue weighted by atomic mass is 9.56. The van der Waals surface area contributed by atoms with Crippen molar-refractivity contribution in [1.82, 2.24) is 20.5 Å². The Morgan fingerprint density at radius 3 is 2.56 bits per heavy atom. The minimum absolute atomic E-state index is 0.0691. The van der Waals surface area contributed by atoms with E-state index >= 15 is 0 Å². The summed E-state index contributed by atoms with van der Waals surface area (Å²) >= 11 is 0. The number of nitrogens with one attached hydrogen (secondary N) is 2. The molecule has 0 amide bonds. The smallest absolute Gasteiger partial charge is 0.191 e. The summed E-state index contributed by atoms with van der Waals surface area (Å²) in [5.41, 5.74) is 1.15. The van der Waals surface area contributed by atoms with Crippen LogP contribution in [0.25, 0.3) is 0 Å². The Morgan fingerprint density at radius 1 is 1.26 bits per heavy atom. The zero-order valence-electron chi connectivity index (χ0n) is 17.5. The van der Waals surface area contributed by atoms with Crippen molar-refractivity contribution in [3.8, 4) is 0 Å². The summed E-state index contributed by atoms with van der Waals surface area (Å²) in [5, 5.41) is 7.24. The first-order chi connectivity index (χ1) is 12.9. The summed E-state index contributed by atoms with van der Waals surface area (Å²) in [6.45, 7) is 9.83. The maximum atomic E-state index is 5.73. The van der Waals surface area contributed by atoms with Gasteiger partial charge in [0.05, 0.1) is 11.3 Å². The van der Waals surface area contributed by atoms with Crippen LogP contribution in [0.5, 0.6) is 0 Å². The number of ether oxygens (including phenoxy) is 1. The van der Waals surface area contributed by atoms with E-state index in [0.717, 1.165) is 50.6 Å². The van der Waals surface area contributed by atoms with Crippen LogP contribution in [0.1, 0.15) is 45.7 Å². The van der Waals surface area contributed by atoms with Gasteiger partial charge < -0.3 is 15.4 Å². The Bertz CT molecular complexity index is 639. The molecule has 27 heavy (non-hydrogen) atoms. The standard InChI is InChI=1S/C21H35N5O/c1-20(2)18(14-21(20,3)27-5)25-19(22-4)24-16-9-12-26(13-10-16)15-17-8-6-7-11-23-17/h6-8,11,16,18H,9-10,12-15H2,1-5H3,(H2,22,24,25). The number of methoxy groups -OCH3 is 1. The fraction of sp³-hybridized carbons (Fsp3) is 0.714. The van der Waals surface area contributed by atoms with Gasteiger partial charge in [-0.25, -0.2) is 0 Å². The molecule has 2 N–H and O–H groups in total. The molecule has 2 unspecified atom stereocenters. The Labute approximate surface area is 163 Å². The normalized spacial score (nSPS) is 29.2. The molecule has 1 aromatic rings. The number of aromatic nitrogens is 1. The second-order valence-electron chi connectivity index (χ2n) is 8.65. The van der Waals surface area contributed by atoms with Crippen molar-refractivity contribution < 1.29 is 4.74 Å². The Balaban J connectivity index is 1.45. The minimum Gasteiger partial charge on any atom is -0.378 e. The molecular weight excluding hydrogens is 338 g/mol. The lowest BCUT2D eigenvalue weighted by molar-refractivity contribution is -0.176. The molecule has 0 aromatic carbocycles. The van der Waals surface area contributed by atoms with Crippen LogP contribution in [0.15, 0.2) is 29.4 Å². The summed E-state index contributed by atoms with van der Waals surface area (Å²) < 4.78 is 5.73. The number of hydrogen-bond donors (Lipinski definition) is 2. The largest absolute Gasteiger partial charge is 0.378 e. The number of rotatable bonds is 5. The Hall–Kier alpha value is -1.66. The van der Waals surface area contributed by atoms with E-state index in [0.29, 0.717) is 12.1 Å². The Kier molecular flexibility index (Phi) is 6.06. The van der Waals surface area contributed by atoms with Crippen LogP contribution < -0.4 is 10.6 Å². The molecule has 1 saturated heterocycles. The monoisotopic (exact) mass is 373 g/mol. The van der Waals surface area contributed by atoms with Crippen molar-refractivity contribution in [3.05, 3.63) is 30.1 Å². The van der Waals surface area contributed by atoms with E-state index in [2.05, 4.69) is 58.4 Å². The van der Waals surface area contributed by atoms with E-state index < -0.39 is 0 Å². The highest BCUT2D eigenvalue weighted by atomic mass is 16.5. The highest BCUT2D eigenvalue weighted by Crippen LogP contribution is 2.51. The fourth-order valence-electron chi connectivity index (χ4n) is 4.21. The van der Waals surface area contributed by atoms with E-state index in [-0.39, 0.29) is 11.0 Å². The van der Waals surface area contributed by atoms with E-state index in [4.69, 9.17) is 4.74 Å². The highest BCUT2D eigenvalue weighted by molar-refractivity contribution is 5.80. The lowest BCUT2D eigenvalue weighted by Gasteiger charge is -2.59. The first-order valence-corrected chi connectivity index (χ1v) is 10.1. The first-order valence-electron chi connectivity index (χ1n) is 10.1. The molecule has 1 aliphatic heterocycles. The molecule has 3 rings (SSSR count). The van der Waals surface area contributed by atoms with Crippen LogP contribution in [0.2, 0.25) is 0 Å². The molecule has 1 saturated carbocycles. The third-order valence-corrected chi connectivity index (χ3v) is 6.85. The first kappa shape index (κ1) is 20.1. The number of likely N-dealkylation sites (tertiary alicyclic amines) is 1. The van der Waals surface area contributed by atoms with Crippen molar-refractivity contribution in [2.75, 3.05) is 27.2 Å². The highest BCUT2D eigenvalue weighted by Gasteiger charge is 2.58. The predicted molar refractivity (Wildman–Crippen MR) is 110 cm³/mol. The number of piperidine rings is 1. The number of hydrogen-bond acceptors (Lipinski definition) is 4. The van der Waals surface area contributed by atoms with Crippen molar-refractivity contribution in [2.45, 2.75) is 64.3 Å². The van der Waals surface area contributed by atoms with E-state index in [1.165, 1.54) is 0 Å². The van der Waals surface area contributed by atoms with Gasteiger partial charge in [0, 0.05) is 57.5 Å². The molecule has 2 aliphatic rings. The van der Waals surface area contributed by atoms with Gasteiger partial charge in [-0.2, -0.15) is 0 Å². The van der Waals surface area contributed by atoms with Crippen LogP contribution in [0.4, 0.5) is 0 Å². The molecule has 0 spiro atoms. The number of nitrogens with zero attached hydrogens (tertiary/aromatic N) is 3. The summed E-state index contributed by atoms with van der Waals surface area (Å²) in [6.07, 6.45) is 5.12. The van der Waals surface area contributed by atoms with Crippen LogP contribution in [0.3, 0.4) is 0 Å². The van der Waals surface area contributed by atoms with Crippen LogP contribution in [-0.4, -0.2) is 60.8 Å². The average Bonchev–Trinajstić information content (AvgIpc) is 2.68. The van der Waals surface area contributed by atoms with Gasteiger partial charge in [-0.1, -0.05) is 19.9 Å². The molecule has 150 valence electrons.